The number of para-hydroxylation sites is 2. The summed E-state index contributed by atoms with van der Waals surface area (Å²) < 4.78 is 2.58. The van der Waals surface area contributed by atoms with Crippen molar-refractivity contribution in [2.45, 2.75) is 60.3 Å². The second kappa shape index (κ2) is 14.8. The number of benzene rings is 3. The van der Waals surface area contributed by atoms with Crippen molar-refractivity contribution in [2.75, 3.05) is 16.0 Å². The average molecular weight is 694 g/mol. The summed E-state index contributed by atoms with van der Waals surface area (Å²) in [5, 5.41) is 9.60. The van der Waals surface area contributed by atoms with Crippen molar-refractivity contribution in [1.82, 2.24) is 14.5 Å². The van der Waals surface area contributed by atoms with Gasteiger partial charge in [0.2, 0.25) is 5.95 Å². The molecule has 0 saturated carbocycles. The van der Waals surface area contributed by atoms with E-state index in [9.17, 15) is 9.59 Å². The smallest absolute Gasteiger partial charge is 0.257 e. The third-order valence-corrected chi connectivity index (χ3v) is 9.04. The number of halogens is 1. The molecule has 0 radical (unpaired) electrons. The number of anilines is 4. The zero-order chi connectivity index (χ0) is 33.7. The van der Waals surface area contributed by atoms with Crippen LogP contribution in [0.25, 0.3) is 11.4 Å². The maximum atomic E-state index is 13.4. The van der Waals surface area contributed by atoms with Crippen molar-refractivity contribution in [2.24, 2.45) is 7.05 Å². The van der Waals surface area contributed by atoms with Gasteiger partial charge >= 0.3 is 0 Å². The highest BCUT2D eigenvalue weighted by atomic mass is 79.9. The van der Waals surface area contributed by atoms with Crippen LogP contribution in [0.1, 0.15) is 76.2 Å². The molecule has 0 saturated heterocycles. The molecule has 5 rings (SSSR count). The molecule has 242 valence electrons. The Morgan fingerprint density at radius 3 is 1.81 bits per heavy atom. The summed E-state index contributed by atoms with van der Waals surface area (Å²) in [7, 11) is 1.89. The molecular weight excluding hydrogens is 652 g/mol. The fraction of sp³-hybridized carbons (Fsp3) is 0.263. The van der Waals surface area contributed by atoms with Gasteiger partial charge in [-0.05, 0) is 101 Å². The molecule has 3 aromatic carbocycles. The van der Waals surface area contributed by atoms with Gasteiger partial charge in [0.05, 0.1) is 15.7 Å². The summed E-state index contributed by atoms with van der Waals surface area (Å²) in [5.74, 6) is 0.0736. The fourth-order valence-electron chi connectivity index (χ4n) is 5.77. The highest BCUT2D eigenvalue weighted by molar-refractivity contribution is 9.10. The number of carbonyl (C=O) groups excluding carboxylic acids is 2. The number of hydrogen-bond donors (Lipinski definition) is 3. The van der Waals surface area contributed by atoms with Crippen molar-refractivity contribution in [3.63, 3.8) is 0 Å². The van der Waals surface area contributed by atoms with Gasteiger partial charge in [0.1, 0.15) is 5.69 Å². The lowest BCUT2D eigenvalue weighted by atomic mass is 10.0. The number of amides is 2. The molecule has 9 heteroatoms. The van der Waals surface area contributed by atoms with Crippen LogP contribution >= 0.6 is 15.9 Å². The molecule has 0 atom stereocenters. The van der Waals surface area contributed by atoms with Crippen LogP contribution < -0.4 is 16.0 Å². The van der Waals surface area contributed by atoms with E-state index in [4.69, 9.17) is 4.98 Å². The van der Waals surface area contributed by atoms with Crippen molar-refractivity contribution in [1.29, 1.82) is 0 Å². The van der Waals surface area contributed by atoms with E-state index in [0.29, 0.717) is 27.2 Å². The minimum absolute atomic E-state index is 0.148. The zero-order valence-corrected chi connectivity index (χ0v) is 29.4. The van der Waals surface area contributed by atoms with E-state index in [-0.39, 0.29) is 11.8 Å². The Labute approximate surface area is 285 Å². The van der Waals surface area contributed by atoms with Gasteiger partial charge in [-0.15, -0.1) is 0 Å². The standard InChI is InChI=1S/C38H41BrN6O2/c1-7-24-13-11-14-25(8-2)33(24)42-36(46)28-17-18-31(23(5)19-28)41-38-40-21-30(39)35(44-38)32-20-29(22-45(32)6)37(47)43-34-26(9-3)15-12-16-27(34)10-4/h11-22H,7-10H2,1-6H3,(H,42,46)(H,43,47)(H,40,41,44). The first kappa shape index (κ1) is 33.6. The van der Waals surface area contributed by atoms with E-state index in [1.54, 1.807) is 12.3 Å². The maximum Gasteiger partial charge on any atom is 0.257 e. The molecule has 0 unspecified atom stereocenters. The monoisotopic (exact) mass is 692 g/mol. The number of aromatic nitrogens is 3. The largest absolute Gasteiger partial charge is 0.348 e. The van der Waals surface area contributed by atoms with Gasteiger partial charge in [-0.2, -0.15) is 0 Å². The fourth-order valence-corrected chi connectivity index (χ4v) is 6.17. The predicted molar refractivity (Wildman–Crippen MR) is 195 cm³/mol. The molecule has 5 aromatic rings. The molecule has 2 amide bonds. The van der Waals surface area contributed by atoms with Gasteiger partial charge in [0, 0.05) is 42.1 Å². The minimum atomic E-state index is -0.171. The van der Waals surface area contributed by atoms with E-state index in [2.05, 4.69) is 88.8 Å². The number of rotatable bonds is 11. The molecule has 2 heterocycles. The third kappa shape index (κ3) is 7.30. The van der Waals surface area contributed by atoms with E-state index in [1.807, 2.05) is 55.1 Å². The Kier molecular flexibility index (Phi) is 10.6. The molecule has 0 bridgehead atoms. The predicted octanol–water partition coefficient (Wildman–Crippen LogP) is 9.05. The molecule has 3 N–H and O–H groups in total. The minimum Gasteiger partial charge on any atom is -0.348 e. The first-order valence-electron chi connectivity index (χ1n) is 16.1. The van der Waals surface area contributed by atoms with Gasteiger partial charge < -0.3 is 20.5 Å². The van der Waals surface area contributed by atoms with Crippen LogP contribution in [0, 0.1) is 6.92 Å². The quantitative estimate of drug-likeness (QED) is 0.128. The van der Waals surface area contributed by atoms with Gasteiger partial charge in [-0.3, -0.25) is 9.59 Å². The normalized spacial score (nSPS) is 11.0. The van der Waals surface area contributed by atoms with Crippen LogP contribution in [0.5, 0.6) is 0 Å². The number of aryl methyl sites for hydroxylation is 6. The Morgan fingerprint density at radius 1 is 0.766 bits per heavy atom. The Hall–Kier alpha value is -4.76. The van der Waals surface area contributed by atoms with Crippen molar-refractivity contribution < 1.29 is 9.59 Å². The summed E-state index contributed by atoms with van der Waals surface area (Å²) >= 11 is 3.60. The third-order valence-electron chi connectivity index (χ3n) is 8.46. The topological polar surface area (TPSA) is 101 Å². The van der Waals surface area contributed by atoms with E-state index in [0.717, 1.165) is 76.3 Å². The van der Waals surface area contributed by atoms with E-state index < -0.39 is 0 Å². The number of hydrogen-bond acceptors (Lipinski definition) is 5. The molecule has 2 aromatic heterocycles. The Morgan fingerprint density at radius 2 is 1.30 bits per heavy atom. The molecule has 8 nitrogen and oxygen atoms in total. The lowest BCUT2D eigenvalue weighted by molar-refractivity contribution is 0.101. The Balaban J connectivity index is 1.35. The molecule has 0 spiro atoms. The van der Waals surface area contributed by atoms with Gasteiger partial charge in [0.15, 0.2) is 0 Å². The molecular formula is C38H41BrN6O2. The number of nitrogens with zero attached hydrogens (tertiary/aromatic N) is 3. The van der Waals surface area contributed by atoms with Gasteiger partial charge in [-0.1, -0.05) is 64.1 Å². The van der Waals surface area contributed by atoms with E-state index >= 15 is 0 Å². The molecule has 47 heavy (non-hydrogen) atoms. The second-order valence-electron chi connectivity index (χ2n) is 11.5. The molecule has 0 aliphatic rings. The number of nitrogens with one attached hydrogen (secondary N) is 3. The van der Waals surface area contributed by atoms with Gasteiger partial charge in [-0.25, -0.2) is 9.97 Å². The number of carbonyl (C=O) groups is 2. The molecule has 0 fully saturated rings. The maximum absolute atomic E-state index is 13.4. The first-order chi connectivity index (χ1) is 22.7. The van der Waals surface area contributed by atoms with Crippen molar-refractivity contribution in [3.05, 3.63) is 116 Å². The van der Waals surface area contributed by atoms with Crippen LogP contribution in [0.3, 0.4) is 0 Å². The summed E-state index contributed by atoms with van der Waals surface area (Å²) in [4.78, 5) is 36.0. The van der Waals surface area contributed by atoms with Crippen LogP contribution in [0.2, 0.25) is 0 Å². The van der Waals surface area contributed by atoms with Gasteiger partial charge in [0.25, 0.3) is 11.8 Å². The van der Waals surface area contributed by atoms with E-state index in [1.165, 1.54) is 0 Å². The zero-order valence-electron chi connectivity index (χ0n) is 27.8. The average Bonchev–Trinajstić information content (AvgIpc) is 3.47. The van der Waals surface area contributed by atoms with Crippen LogP contribution in [0.15, 0.2) is 77.5 Å². The second-order valence-corrected chi connectivity index (χ2v) is 12.3. The first-order valence-corrected chi connectivity index (χ1v) is 16.9. The summed E-state index contributed by atoms with van der Waals surface area (Å²) in [6, 6.07) is 19.7. The lowest BCUT2D eigenvalue weighted by Crippen LogP contribution is -2.15. The van der Waals surface area contributed by atoms with Crippen LogP contribution in [-0.2, 0) is 32.7 Å². The molecule has 0 aliphatic heterocycles. The summed E-state index contributed by atoms with van der Waals surface area (Å²) in [5.41, 5.74) is 10.4. The van der Waals surface area contributed by atoms with Crippen molar-refractivity contribution in [3.8, 4) is 11.4 Å². The summed E-state index contributed by atoms with van der Waals surface area (Å²) in [6.45, 7) is 10.3. The summed E-state index contributed by atoms with van der Waals surface area (Å²) in [6.07, 6.45) is 6.83. The van der Waals surface area contributed by atoms with Crippen LogP contribution in [0.4, 0.5) is 23.0 Å². The highest BCUT2D eigenvalue weighted by Gasteiger charge is 2.19. The van der Waals surface area contributed by atoms with Crippen molar-refractivity contribution >= 4 is 50.8 Å². The SMILES string of the molecule is CCc1cccc(CC)c1NC(=O)c1ccc(Nc2ncc(Br)c(-c3cc(C(=O)Nc4c(CC)cccc4CC)cn3C)n2)c(C)c1. The molecule has 0 aliphatic carbocycles. The van der Waals surface area contributed by atoms with Crippen LogP contribution in [-0.4, -0.2) is 26.3 Å². The highest BCUT2D eigenvalue weighted by Crippen LogP contribution is 2.31. The lowest BCUT2D eigenvalue weighted by Gasteiger charge is -2.15. The Bertz CT molecular complexity index is 1900.